The quantitative estimate of drug-likeness (QED) is 0.650. The van der Waals surface area contributed by atoms with Crippen molar-refractivity contribution in [2.45, 2.75) is 31.9 Å². The first-order chi connectivity index (χ1) is 9.54. The van der Waals surface area contributed by atoms with Gasteiger partial charge < -0.3 is 21.1 Å². The van der Waals surface area contributed by atoms with E-state index in [4.69, 9.17) is 0 Å². The minimum Gasteiger partial charge on any atom is -0.389 e. The highest BCUT2D eigenvalue weighted by atomic mass is 16.3. The van der Waals surface area contributed by atoms with E-state index < -0.39 is 12.1 Å². The average molecular weight is 277 g/mol. The van der Waals surface area contributed by atoms with Crippen LogP contribution >= 0.6 is 0 Å². The number of carbonyl (C=O) groups excluding carboxylic acids is 2. The molecular formula is C14H19N3O3. The predicted molar refractivity (Wildman–Crippen MR) is 75.3 cm³/mol. The van der Waals surface area contributed by atoms with Gasteiger partial charge in [0.25, 0.3) is 0 Å². The highest BCUT2D eigenvalue weighted by Gasteiger charge is 2.23. The van der Waals surface area contributed by atoms with Gasteiger partial charge in [-0.3, -0.25) is 4.79 Å². The molecule has 1 aliphatic carbocycles. The third-order valence-corrected chi connectivity index (χ3v) is 3.00. The highest BCUT2D eigenvalue weighted by Crippen LogP contribution is 2.18. The van der Waals surface area contributed by atoms with Crippen molar-refractivity contribution in [3.63, 3.8) is 0 Å². The SMILES string of the molecule is CC(O)c1ccc(NC(=O)NCC(=O)NC2CC2)cc1. The van der Waals surface area contributed by atoms with Gasteiger partial charge >= 0.3 is 6.03 Å². The lowest BCUT2D eigenvalue weighted by Crippen LogP contribution is -2.39. The van der Waals surface area contributed by atoms with Gasteiger partial charge in [-0.1, -0.05) is 12.1 Å². The lowest BCUT2D eigenvalue weighted by Gasteiger charge is -2.09. The third kappa shape index (κ3) is 4.55. The zero-order valence-corrected chi connectivity index (χ0v) is 11.3. The monoisotopic (exact) mass is 277 g/mol. The molecule has 2 rings (SSSR count). The van der Waals surface area contributed by atoms with E-state index in [1.54, 1.807) is 31.2 Å². The standard InChI is InChI=1S/C14H19N3O3/c1-9(18)10-2-4-12(5-3-10)17-14(20)15-8-13(19)16-11-6-7-11/h2-5,9,11,18H,6-8H2,1H3,(H,16,19)(H2,15,17,20). The summed E-state index contributed by atoms with van der Waals surface area (Å²) in [6.07, 6.45) is 1.50. The van der Waals surface area contributed by atoms with Gasteiger partial charge in [0.2, 0.25) is 5.91 Å². The summed E-state index contributed by atoms with van der Waals surface area (Å²) in [5, 5.41) is 17.3. The van der Waals surface area contributed by atoms with E-state index >= 15 is 0 Å². The number of hydrogen-bond acceptors (Lipinski definition) is 3. The second-order valence-electron chi connectivity index (χ2n) is 4.95. The number of benzene rings is 1. The summed E-state index contributed by atoms with van der Waals surface area (Å²) >= 11 is 0. The Kier molecular flexibility index (Phi) is 4.57. The van der Waals surface area contributed by atoms with Gasteiger partial charge in [0, 0.05) is 11.7 Å². The van der Waals surface area contributed by atoms with Crippen LogP contribution in [0, 0.1) is 0 Å². The molecule has 0 spiro atoms. The highest BCUT2D eigenvalue weighted by molar-refractivity contribution is 5.92. The van der Waals surface area contributed by atoms with Crippen molar-refractivity contribution in [1.82, 2.24) is 10.6 Å². The Morgan fingerprint density at radius 3 is 2.50 bits per heavy atom. The summed E-state index contributed by atoms with van der Waals surface area (Å²) in [5.74, 6) is -0.174. The normalized spacial score (nSPS) is 15.3. The van der Waals surface area contributed by atoms with Crippen LogP contribution in [0.3, 0.4) is 0 Å². The van der Waals surface area contributed by atoms with Crippen LogP contribution in [-0.4, -0.2) is 29.6 Å². The molecular weight excluding hydrogens is 258 g/mol. The molecule has 0 bridgehead atoms. The van der Waals surface area contributed by atoms with Gasteiger partial charge in [0.15, 0.2) is 0 Å². The first kappa shape index (κ1) is 14.3. The van der Waals surface area contributed by atoms with Gasteiger partial charge in [0.05, 0.1) is 12.6 Å². The van der Waals surface area contributed by atoms with Crippen molar-refractivity contribution in [1.29, 1.82) is 0 Å². The Morgan fingerprint density at radius 1 is 1.30 bits per heavy atom. The van der Waals surface area contributed by atoms with Crippen molar-refractivity contribution in [3.8, 4) is 0 Å². The van der Waals surface area contributed by atoms with Crippen LogP contribution in [0.15, 0.2) is 24.3 Å². The molecule has 1 aromatic rings. The largest absolute Gasteiger partial charge is 0.389 e. The van der Waals surface area contributed by atoms with E-state index in [-0.39, 0.29) is 12.5 Å². The Balaban J connectivity index is 1.74. The lowest BCUT2D eigenvalue weighted by atomic mass is 10.1. The minimum atomic E-state index is -0.538. The molecule has 0 saturated heterocycles. The zero-order chi connectivity index (χ0) is 14.5. The van der Waals surface area contributed by atoms with Crippen LogP contribution in [-0.2, 0) is 4.79 Å². The van der Waals surface area contributed by atoms with E-state index in [0.717, 1.165) is 18.4 Å². The van der Waals surface area contributed by atoms with E-state index in [1.165, 1.54) is 0 Å². The number of aliphatic hydroxyl groups excluding tert-OH is 1. The number of rotatable bonds is 5. The maximum Gasteiger partial charge on any atom is 0.319 e. The maximum atomic E-state index is 11.6. The molecule has 1 unspecified atom stereocenters. The molecule has 1 aliphatic rings. The fourth-order valence-corrected chi connectivity index (χ4v) is 1.69. The van der Waals surface area contributed by atoms with Crippen molar-refractivity contribution in [2.24, 2.45) is 0 Å². The Labute approximate surface area is 117 Å². The summed E-state index contributed by atoms with van der Waals surface area (Å²) in [6.45, 7) is 1.64. The molecule has 20 heavy (non-hydrogen) atoms. The van der Waals surface area contributed by atoms with Crippen LogP contribution in [0.5, 0.6) is 0 Å². The molecule has 1 aromatic carbocycles. The minimum absolute atomic E-state index is 0.0336. The maximum absolute atomic E-state index is 11.6. The van der Waals surface area contributed by atoms with E-state index in [9.17, 15) is 14.7 Å². The van der Waals surface area contributed by atoms with Crippen molar-refractivity contribution < 1.29 is 14.7 Å². The fourth-order valence-electron chi connectivity index (χ4n) is 1.69. The summed E-state index contributed by atoms with van der Waals surface area (Å²) in [5.41, 5.74) is 1.38. The van der Waals surface area contributed by atoms with Crippen LogP contribution in [0.2, 0.25) is 0 Å². The second kappa shape index (κ2) is 6.38. The Hall–Kier alpha value is -2.08. The Morgan fingerprint density at radius 2 is 1.95 bits per heavy atom. The van der Waals surface area contributed by atoms with E-state index in [1.807, 2.05) is 0 Å². The summed E-state index contributed by atoms with van der Waals surface area (Å²) in [7, 11) is 0. The molecule has 0 radical (unpaired) electrons. The number of nitrogens with one attached hydrogen (secondary N) is 3. The van der Waals surface area contributed by atoms with Gasteiger partial charge in [-0.2, -0.15) is 0 Å². The number of amides is 3. The van der Waals surface area contributed by atoms with Crippen LogP contribution < -0.4 is 16.0 Å². The predicted octanol–water partition coefficient (Wildman–Crippen LogP) is 1.14. The van der Waals surface area contributed by atoms with Gasteiger partial charge in [-0.05, 0) is 37.5 Å². The number of urea groups is 1. The molecule has 0 aromatic heterocycles. The third-order valence-electron chi connectivity index (χ3n) is 3.00. The van der Waals surface area contributed by atoms with Crippen molar-refractivity contribution >= 4 is 17.6 Å². The Bertz CT molecular complexity index is 481. The van der Waals surface area contributed by atoms with Crippen LogP contribution in [0.4, 0.5) is 10.5 Å². The molecule has 1 saturated carbocycles. The lowest BCUT2D eigenvalue weighted by molar-refractivity contribution is -0.120. The molecule has 1 fully saturated rings. The fraction of sp³-hybridized carbons (Fsp3) is 0.429. The molecule has 1 atom stereocenters. The van der Waals surface area contributed by atoms with E-state index in [2.05, 4.69) is 16.0 Å². The first-order valence-corrected chi connectivity index (χ1v) is 6.67. The molecule has 6 nitrogen and oxygen atoms in total. The average Bonchev–Trinajstić information content (AvgIpc) is 3.21. The first-order valence-electron chi connectivity index (χ1n) is 6.67. The summed E-state index contributed by atoms with van der Waals surface area (Å²) < 4.78 is 0. The topological polar surface area (TPSA) is 90.5 Å². The summed E-state index contributed by atoms with van der Waals surface area (Å²) in [4.78, 5) is 23.0. The molecule has 0 heterocycles. The molecule has 6 heteroatoms. The number of aliphatic hydroxyl groups is 1. The van der Waals surface area contributed by atoms with Crippen LogP contribution in [0.25, 0.3) is 0 Å². The summed E-state index contributed by atoms with van der Waals surface area (Å²) in [6, 6.07) is 6.74. The molecule has 108 valence electrons. The molecule has 4 N–H and O–H groups in total. The smallest absolute Gasteiger partial charge is 0.319 e. The van der Waals surface area contributed by atoms with Crippen molar-refractivity contribution in [3.05, 3.63) is 29.8 Å². The molecule has 3 amide bonds. The molecule has 0 aliphatic heterocycles. The van der Waals surface area contributed by atoms with E-state index in [0.29, 0.717) is 11.7 Å². The van der Waals surface area contributed by atoms with Gasteiger partial charge in [-0.15, -0.1) is 0 Å². The van der Waals surface area contributed by atoms with Crippen LogP contribution in [0.1, 0.15) is 31.4 Å². The number of hydrogen-bond donors (Lipinski definition) is 4. The zero-order valence-electron chi connectivity index (χ0n) is 11.3. The van der Waals surface area contributed by atoms with Gasteiger partial charge in [-0.25, -0.2) is 4.79 Å². The number of carbonyl (C=O) groups is 2. The number of anilines is 1. The van der Waals surface area contributed by atoms with Gasteiger partial charge in [0.1, 0.15) is 0 Å². The van der Waals surface area contributed by atoms with Crippen molar-refractivity contribution in [2.75, 3.05) is 11.9 Å². The second-order valence-corrected chi connectivity index (χ2v) is 4.95.